The molecule has 0 saturated carbocycles. The summed E-state index contributed by atoms with van der Waals surface area (Å²) < 4.78 is 5.23. The smallest absolute Gasteiger partial charge is 0.247 e. The van der Waals surface area contributed by atoms with Gasteiger partial charge in [-0.3, -0.25) is 0 Å². The van der Waals surface area contributed by atoms with E-state index in [0.29, 0.717) is 5.89 Å². The number of likely N-dealkylation sites (tertiary alicyclic amines) is 1. The van der Waals surface area contributed by atoms with Crippen molar-refractivity contribution >= 4 is 5.69 Å². The summed E-state index contributed by atoms with van der Waals surface area (Å²) in [5.74, 6) is 1.30. The maximum atomic E-state index is 5.23. The van der Waals surface area contributed by atoms with E-state index in [0.717, 1.165) is 18.0 Å². The van der Waals surface area contributed by atoms with E-state index < -0.39 is 0 Å². The number of nitrogens with zero attached hydrogens (tertiary/aromatic N) is 3. The molecule has 1 aliphatic heterocycles. The summed E-state index contributed by atoms with van der Waals surface area (Å²) in [6, 6.07) is 6.21. The molecule has 2 aromatic rings. The molecule has 5 heteroatoms. The predicted molar refractivity (Wildman–Crippen MR) is 83.2 cm³/mol. The molecule has 0 spiro atoms. The summed E-state index contributed by atoms with van der Waals surface area (Å²) in [5.41, 5.74) is 3.36. The van der Waals surface area contributed by atoms with E-state index in [1.54, 1.807) is 0 Å². The van der Waals surface area contributed by atoms with Crippen molar-refractivity contribution in [3.8, 4) is 11.5 Å². The van der Waals surface area contributed by atoms with Gasteiger partial charge >= 0.3 is 0 Å². The second-order valence-electron chi connectivity index (χ2n) is 5.92. The van der Waals surface area contributed by atoms with Crippen LogP contribution in [0.3, 0.4) is 0 Å². The Hall–Kier alpha value is -1.88. The van der Waals surface area contributed by atoms with Crippen molar-refractivity contribution in [3.63, 3.8) is 0 Å². The zero-order valence-corrected chi connectivity index (χ0v) is 12.7. The van der Waals surface area contributed by atoms with E-state index >= 15 is 0 Å². The van der Waals surface area contributed by atoms with Gasteiger partial charge in [-0.2, -0.15) is 0 Å². The highest BCUT2D eigenvalue weighted by Gasteiger charge is 2.17. The molecule has 1 aliphatic rings. The molecule has 1 N–H and O–H groups in total. The molecule has 21 heavy (non-hydrogen) atoms. The molecular weight excluding hydrogens is 264 g/mol. The monoisotopic (exact) mass is 286 g/mol. The minimum Gasteiger partial charge on any atom is -0.423 e. The number of piperidine rings is 1. The van der Waals surface area contributed by atoms with Crippen LogP contribution in [0.25, 0.3) is 11.5 Å². The van der Waals surface area contributed by atoms with Crippen molar-refractivity contribution in [1.29, 1.82) is 0 Å². The van der Waals surface area contributed by atoms with Gasteiger partial charge < -0.3 is 14.6 Å². The quantitative estimate of drug-likeness (QED) is 0.936. The van der Waals surface area contributed by atoms with Gasteiger partial charge in [-0.1, -0.05) is 0 Å². The zero-order chi connectivity index (χ0) is 14.7. The summed E-state index contributed by atoms with van der Waals surface area (Å²) in [5, 5.41) is 11.2. The highest BCUT2D eigenvalue weighted by molar-refractivity contribution is 5.62. The Labute approximate surface area is 125 Å². The third-order valence-corrected chi connectivity index (χ3v) is 4.14. The number of hydrogen-bond donors (Lipinski definition) is 1. The predicted octanol–water partition coefficient (Wildman–Crippen LogP) is 2.80. The van der Waals surface area contributed by atoms with Crippen LogP contribution in [0.4, 0.5) is 5.69 Å². The second-order valence-corrected chi connectivity index (χ2v) is 5.92. The molecule has 1 unspecified atom stereocenters. The Kier molecular flexibility index (Phi) is 4.20. The molecule has 1 atom stereocenters. The first kappa shape index (κ1) is 14.1. The Morgan fingerprint density at radius 1 is 1.43 bits per heavy atom. The number of benzene rings is 1. The molecule has 1 fully saturated rings. The SMILES string of the molecule is Cc1cc(-c2nnco2)ccc1NCC1CCCN(C)C1. The van der Waals surface area contributed by atoms with Crippen LogP contribution in [0.15, 0.2) is 29.0 Å². The van der Waals surface area contributed by atoms with Crippen LogP contribution in [0.1, 0.15) is 18.4 Å². The van der Waals surface area contributed by atoms with Crippen molar-refractivity contribution in [1.82, 2.24) is 15.1 Å². The fraction of sp³-hybridized carbons (Fsp3) is 0.500. The van der Waals surface area contributed by atoms with Gasteiger partial charge in [0, 0.05) is 24.3 Å². The van der Waals surface area contributed by atoms with E-state index in [4.69, 9.17) is 4.42 Å². The molecule has 2 heterocycles. The van der Waals surface area contributed by atoms with Crippen LogP contribution < -0.4 is 5.32 Å². The highest BCUT2D eigenvalue weighted by atomic mass is 16.4. The Morgan fingerprint density at radius 3 is 3.05 bits per heavy atom. The number of anilines is 1. The van der Waals surface area contributed by atoms with Crippen LogP contribution in [-0.2, 0) is 0 Å². The summed E-state index contributed by atoms with van der Waals surface area (Å²) in [6.45, 7) is 5.56. The minimum atomic E-state index is 0.568. The maximum absolute atomic E-state index is 5.23. The topological polar surface area (TPSA) is 54.2 Å². The molecule has 0 bridgehead atoms. The van der Waals surface area contributed by atoms with Gasteiger partial charge in [0.25, 0.3) is 0 Å². The largest absolute Gasteiger partial charge is 0.423 e. The van der Waals surface area contributed by atoms with E-state index in [1.165, 1.54) is 43.6 Å². The fourth-order valence-corrected chi connectivity index (χ4v) is 2.99. The average molecular weight is 286 g/mol. The summed E-state index contributed by atoms with van der Waals surface area (Å²) in [7, 11) is 2.20. The standard InChI is InChI=1S/C16H22N4O/c1-12-8-14(16-19-18-11-21-16)5-6-15(12)17-9-13-4-3-7-20(2)10-13/h5-6,8,11,13,17H,3-4,7,9-10H2,1-2H3. The van der Waals surface area contributed by atoms with Crippen molar-refractivity contribution in [2.45, 2.75) is 19.8 Å². The van der Waals surface area contributed by atoms with Gasteiger partial charge in [0.05, 0.1) is 0 Å². The summed E-state index contributed by atoms with van der Waals surface area (Å²) in [6.07, 6.45) is 3.98. The zero-order valence-electron chi connectivity index (χ0n) is 12.7. The number of hydrogen-bond acceptors (Lipinski definition) is 5. The van der Waals surface area contributed by atoms with E-state index in [1.807, 2.05) is 6.07 Å². The summed E-state index contributed by atoms with van der Waals surface area (Å²) >= 11 is 0. The Balaban J connectivity index is 1.63. The van der Waals surface area contributed by atoms with Crippen LogP contribution in [0.5, 0.6) is 0 Å². The molecule has 3 rings (SSSR count). The van der Waals surface area contributed by atoms with Gasteiger partial charge in [0.2, 0.25) is 12.3 Å². The van der Waals surface area contributed by atoms with E-state index in [2.05, 4.69) is 46.5 Å². The minimum absolute atomic E-state index is 0.568. The van der Waals surface area contributed by atoms with Crippen molar-refractivity contribution in [3.05, 3.63) is 30.2 Å². The molecular formula is C16H22N4O. The molecule has 0 aliphatic carbocycles. The molecule has 1 aromatic carbocycles. The Morgan fingerprint density at radius 2 is 2.33 bits per heavy atom. The normalized spacial score (nSPS) is 19.6. The molecule has 1 saturated heterocycles. The van der Waals surface area contributed by atoms with Gasteiger partial charge in [-0.15, -0.1) is 10.2 Å². The molecule has 0 amide bonds. The third kappa shape index (κ3) is 3.42. The first-order valence-corrected chi connectivity index (χ1v) is 7.52. The lowest BCUT2D eigenvalue weighted by Gasteiger charge is -2.30. The summed E-state index contributed by atoms with van der Waals surface area (Å²) in [4.78, 5) is 2.42. The first-order valence-electron chi connectivity index (χ1n) is 7.52. The number of aromatic nitrogens is 2. The van der Waals surface area contributed by atoms with Crippen molar-refractivity contribution in [2.75, 3.05) is 32.0 Å². The van der Waals surface area contributed by atoms with Crippen LogP contribution in [-0.4, -0.2) is 41.8 Å². The molecule has 112 valence electrons. The van der Waals surface area contributed by atoms with Crippen molar-refractivity contribution < 1.29 is 4.42 Å². The lowest BCUT2D eigenvalue weighted by Crippen LogP contribution is -2.35. The van der Waals surface area contributed by atoms with Crippen molar-refractivity contribution in [2.24, 2.45) is 5.92 Å². The second kappa shape index (κ2) is 6.26. The number of rotatable bonds is 4. The fourth-order valence-electron chi connectivity index (χ4n) is 2.99. The Bertz CT molecular complexity index is 582. The van der Waals surface area contributed by atoms with Gasteiger partial charge in [-0.05, 0) is 63.0 Å². The maximum Gasteiger partial charge on any atom is 0.247 e. The molecule has 1 aromatic heterocycles. The van der Waals surface area contributed by atoms with E-state index in [-0.39, 0.29) is 0 Å². The lowest BCUT2D eigenvalue weighted by atomic mass is 9.98. The number of nitrogens with one attached hydrogen (secondary N) is 1. The molecule has 0 radical (unpaired) electrons. The molecule has 5 nitrogen and oxygen atoms in total. The highest BCUT2D eigenvalue weighted by Crippen LogP contribution is 2.24. The van der Waals surface area contributed by atoms with Crippen LogP contribution >= 0.6 is 0 Å². The van der Waals surface area contributed by atoms with Gasteiger partial charge in [0.1, 0.15) is 0 Å². The van der Waals surface area contributed by atoms with Gasteiger partial charge in [0.15, 0.2) is 0 Å². The van der Waals surface area contributed by atoms with Gasteiger partial charge in [-0.25, -0.2) is 0 Å². The first-order chi connectivity index (χ1) is 10.2. The lowest BCUT2D eigenvalue weighted by molar-refractivity contribution is 0.217. The third-order valence-electron chi connectivity index (χ3n) is 4.14. The number of aryl methyl sites for hydroxylation is 1. The van der Waals surface area contributed by atoms with E-state index in [9.17, 15) is 0 Å². The average Bonchev–Trinajstić information content (AvgIpc) is 3.00. The van der Waals surface area contributed by atoms with Crippen LogP contribution in [0.2, 0.25) is 0 Å². The van der Waals surface area contributed by atoms with Crippen LogP contribution in [0, 0.1) is 12.8 Å².